The number of likely N-dealkylation sites (N-methyl/N-ethyl adjacent to an activating group) is 1. The molecule has 0 radical (unpaired) electrons. The number of carbonyl (C=O) groups excluding carboxylic acids is 1. The van der Waals surface area contributed by atoms with Crippen LogP contribution in [0.4, 0.5) is 0 Å². The summed E-state index contributed by atoms with van der Waals surface area (Å²) in [4.78, 5) is 17.1. The van der Waals surface area contributed by atoms with Crippen molar-refractivity contribution < 1.29 is 4.79 Å². The molecule has 0 spiro atoms. The van der Waals surface area contributed by atoms with Gasteiger partial charge in [0.25, 0.3) is 5.91 Å². The summed E-state index contributed by atoms with van der Waals surface area (Å²) in [6.07, 6.45) is 1.08. The van der Waals surface area contributed by atoms with Gasteiger partial charge in [-0.25, -0.2) is 0 Å². The zero-order chi connectivity index (χ0) is 10.7. The molecule has 0 bridgehead atoms. The average molecular weight is 224 g/mol. The summed E-state index contributed by atoms with van der Waals surface area (Å²) < 4.78 is 0. The van der Waals surface area contributed by atoms with Gasteiger partial charge in [0.05, 0.1) is 4.88 Å². The summed E-state index contributed by atoms with van der Waals surface area (Å²) in [5, 5.41) is 1.96. The molecule has 2 rings (SSSR count). The molecule has 82 valence electrons. The van der Waals surface area contributed by atoms with Crippen LogP contribution >= 0.6 is 11.3 Å². The van der Waals surface area contributed by atoms with Crippen LogP contribution in [0.5, 0.6) is 0 Å². The number of hydrogen-bond acceptors (Lipinski definition) is 3. The molecule has 0 N–H and O–H groups in total. The second-order valence-corrected chi connectivity index (χ2v) is 4.87. The summed E-state index contributed by atoms with van der Waals surface area (Å²) >= 11 is 1.53. The standard InChI is InChI=1S/C11H16N2OS/c1-12-5-3-6-13(8-7-12)11(14)10-4-2-9-15-10/h2,4,9H,3,5-8H2,1H3. The van der Waals surface area contributed by atoms with Gasteiger partial charge in [0.2, 0.25) is 0 Å². The van der Waals surface area contributed by atoms with E-state index in [0.29, 0.717) is 0 Å². The van der Waals surface area contributed by atoms with E-state index in [1.54, 1.807) is 0 Å². The maximum atomic E-state index is 12.0. The van der Waals surface area contributed by atoms with Gasteiger partial charge in [-0.1, -0.05) is 6.07 Å². The van der Waals surface area contributed by atoms with Crippen LogP contribution in [0.2, 0.25) is 0 Å². The Kier molecular flexibility index (Phi) is 3.38. The van der Waals surface area contributed by atoms with E-state index >= 15 is 0 Å². The number of carbonyl (C=O) groups is 1. The molecule has 1 saturated heterocycles. The maximum absolute atomic E-state index is 12.0. The van der Waals surface area contributed by atoms with Crippen LogP contribution in [-0.4, -0.2) is 48.9 Å². The van der Waals surface area contributed by atoms with Gasteiger partial charge < -0.3 is 9.80 Å². The van der Waals surface area contributed by atoms with Crippen molar-refractivity contribution >= 4 is 17.2 Å². The second kappa shape index (κ2) is 4.77. The van der Waals surface area contributed by atoms with Crippen molar-refractivity contribution in [3.8, 4) is 0 Å². The maximum Gasteiger partial charge on any atom is 0.263 e. The van der Waals surface area contributed by atoms with E-state index in [9.17, 15) is 4.79 Å². The molecule has 4 heteroatoms. The summed E-state index contributed by atoms with van der Waals surface area (Å²) in [7, 11) is 2.11. The molecule has 1 fully saturated rings. The van der Waals surface area contributed by atoms with Gasteiger partial charge >= 0.3 is 0 Å². The topological polar surface area (TPSA) is 23.6 Å². The molecule has 0 aliphatic carbocycles. The predicted molar refractivity (Wildman–Crippen MR) is 62.3 cm³/mol. The minimum atomic E-state index is 0.195. The van der Waals surface area contributed by atoms with Gasteiger partial charge in [0.1, 0.15) is 0 Å². The van der Waals surface area contributed by atoms with Crippen molar-refractivity contribution in [1.82, 2.24) is 9.80 Å². The number of amides is 1. The van der Waals surface area contributed by atoms with Gasteiger partial charge in [-0.05, 0) is 31.5 Å². The third-order valence-corrected chi connectivity index (χ3v) is 3.60. The first kappa shape index (κ1) is 10.6. The van der Waals surface area contributed by atoms with Crippen LogP contribution in [0.15, 0.2) is 17.5 Å². The highest BCUT2D eigenvalue weighted by atomic mass is 32.1. The monoisotopic (exact) mass is 224 g/mol. The van der Waals surface area contributed by atoms with Crippen LogP contribution in [0.3, 0.4) is 0 Å². The minimum absolute atomic E-state index is 0.195. The molecule has 15 heavy (non-hydrogen) atoms. The zero-order valence-electron chi connectivity index (χ0n) is 8.98. The Morgan fingerprint density at radius 2 is 2.20 bits per heavy atom. The van der Waals surface area contributed by atoms with Crippen LogP contribution < -0.4 is 0 Å². The van der Waals surface area contributed by atoms with E-state index in [0.717, 1.165) is 37.5 Å². The molecule has 0 saturated carbocycles. The van der Waals surface area contributed by atoms with E-state index in [1.165, 1.54) is 11.3 Å². The minimum Gasteiger partial charge on any atom is -0.337 e. The van der Waals surface area contributed by atoms with Gasteiger partial charge in [0, 0.05) is 19.6 Å². The van der Waals surface area contributed by atoms with E-state index in [4.69, 9.17) is 0 Å². The Morgan fingerprint density at radius 3 is 2.93 bits per heavy atom. The molecular formula is C11H16N2OS. The first-order valence-electron chi connectivity index (χ1n) is 5.29. The van der Waals surface area contributed by atoms with Crippen LogP contribution in [0.25, 0.3) is 0 Å². The van der Waals surface area contributed by atoms with Gasteiger partial charge in [-0.2, -0.15) is 0 Å². The largest absolute Gasteiger partial charge is 0.337 e. The number of nitrogens with zero attached hydrogens (tertiary/aromatic N) is 2. The van der Waals surface area contributed by atoms with Crippen molar-refractivity contribution in [2.45, 2.75) is 6.42 Å². The highest BCUT2D eigenvalue weighted by molar-refractivity contribution is 7.12. The Labute approximate surface area is 94.3 Å². The highest BCUT2D eigenvalue weighted by Gasteiger charge is 2.19. The SMILES string of the molecule is CN1CCCN(C(=O)c2cccs2)CC1. The quantitative estimate of drug-likeness (QED) is 0.722. The first-order chi connectivity index (χ1) is 7.27. The van der Waals surface area contributed by atoms with Crippen molar-refractivity contribution in [2.24, 2.45) is 0 Å². The molecule has 0 unspecified atom stereocenters. The van der Waals surface area contributed by atoms with Crippen molar-refractivity contribution in [3.05, 3.63) is 22.4 Å². The fraction of sp³-hybridized carbons (Fsp3) is 0.545. The number of rotatable bonds is 1. The lowest BCUT2D eigenvalue weighted by molar-refractivity contribution is 0.0767. The Bertz CT molecular complexity index is 323. The lowest BCUT2D eigenvalue weighted by atomic mass is 10.3. The summed E-state index contributed by atoms with van der Waals surface area (Å²) in [6.45, 7) is 3.82. The fourth-order valence-corrected chi connectivity index (χ4v) is 2.50. The number of hydrogen-bond donors (Lipinski definition) is 0. The lowest BCUT2D eigenvalue weighted by Crippen LogP contribution is -2.34. The van der Waals surface area contributed by atoms with E-state index < -0.39 is 0 Å². The number of thiophene rings is 1. The van der Waals surface area contributed by atoms with Crippen LogP contribution in [0, 0.1) is 0 Å². The average Bonchev–Trinajstić information content (AvgIpc) is 2.67. The molecule has 3 nitrogen and oxygen atoms in total. The predicted octanol–water partition coefficient (Wildman–Crippen LogP) is 1.53. The zero-order valence-corrected chi connectivity index (χ0v) is 9.80. The molecule has 0 aromatic carbocycles. The first-order valence-corrected chi connectivity index (χ1v) is 6.16. The molecule has 1 amide bonds. The molecule has 1 aromatic heterocycles. The van der Waals surface area contributed by atoms with E-state index in [2.05, 4.69) is 11.9 Å². The molecule has 1 aliphatic heterocycles. The third kappa shape index (κ3) is 2.58. The molecule has 0 atom stereocenters. The van der Waals surface area contributed by atoms with Gasteiger partial charge in [0.15, 0.2) is 0 Å². The second-order valence-electron chi connectivity index (χ2n) is 3.93. The van der Waals surface area contributed by atoms with E-state index in [1.807, 2.05) is 22.4 Å². The molecular weight excluding hydrogens is 208 g/mol. The molecule has 1 aromatic rings. The van der Waals surface area contributed by atoms with Gasteiger partial charge in [-0.15, -0.1) is 11.3 Å². The van der Waals surface area contributed by atoms with Crippen molar-refractivity contribution in [3.63, 3.8) is 0 Å². The Hall–Kier alpha value is -0.870. The highest BCUT2D eigenvalue weighted by Crippen LogP contribution is 2.13. The smallest absolute Gasteiger partial charge is 0.263 e. The van der Waals surface area contributed by atoms with Crippen LogP contribution in [-0.2, 0) is 0 Å². The van der Waals surface area contributed by atoms with Crippen molar-refractivity contribution in [1.29, 1.82) is 0 Å². The summed E-state index contributed by atoms with van der Waals surface area (Å²) in [5.41, 5.74) is 0. The van der Waals surface area contributed by atoms with Gasteiger partial charge in [-0.3, -0.25) is 4.79 Å². The fourth-order valence-electron chi connectivity index (χ4n) is 1.81. The molecule has 1 aliphatic rings. The molecule has 2 heterocycles. The Balaban J connectivity index is 2.01. The summed E-state index contributed by atoms with van der Waals surface area (Å²) in [6, 6.07) is 3.84. The third-order valence-electron chi connectivity index (χ3n) is 2.74. The normalized spacial score (nSPS) is 18.9. The van der Waals surface area contributed by atoms with E-state index in [-0.39, 0.29) is 5.91 Å². The lowest BCUT2D eigenvalue weighted by Gasteiger charge is -2.19. The Morgan fingerprint density at radius 1 is 1.33 bits per heavy atom. The summed E-state index contributed by atoms with van der Waals surface area (Å²) in [5.74, 6) is 0.195. The van der Waals surface area contributed by atoms with Crippen LogP contribution in [0.1, 0.15) is 16.1 Å². The van der Waals surface area contributed by atoms with Crippen molar-refractivity contribution in [2.75, 3.05) is 33.2 Å².